The standard InChI is InChI=1S/C23H28Cl2N2O4S/c1-16-10-17(2)12-21(11-16)31-9-7-26-23(28)18-4-3-8-27(14-18)32(29,30)15-19-5-6-20(24)13-22(19)25/h5-6,10-13,18H,3-4,7-9,14-15H2,1-2H3,(H,26,28)/t18-/m1/s1. The van der Waals surface area contributed by atoms with Crippen LogP contribution in [0.2, 0.25) is 10.0 Å². The second kappa shape index (κ2) is 10.9. The van der Waals surface area contributed by atoms with Crippen molar-refractivity contribution in [3.8, 4) is 5.75 Å². The highest BCUT2D eigenvalue weighted by atomic mass is 35.5. The van der Waals surface area contributed by atoms with Crippen molar-refractivity contribution in [2.45, 2.75) is 32.4 Å². The molecule has 1 atom stereocenters. The Kier molecular flexibility index (Phi) is 8.44. The van der Waals surface area contributed by atoms with Crippen molar-refractivity contribution in [3.05, 3.63) is 63.1 Å². The number of nitrogens with one attached hydrogen (secondary N) is 1. The molecule has 0 saturated carbocycles. The monoisotopic (exact) mass is 498 g/mol. The van der Waals surface area contributed by atoms with Crippen molar-refractivity contribution in [1.29, 1.82) is 0 Å². The molecule has 1 N–H and O–H groups in total. The third kappa shape index (κ3) is 6.85. The minimum atomic E-state index is -3.61. The van der Waals surface area contributed by atoms with E-state index in [4.69, 9.17) is 27.9 Å². The number of sulfonamides is 1. The zero-order valence-corrected chi connectivity index (χ0v) is 20.6. The molecule has 1 fully saturated rings. The molecule has 0 aliphatic carbocycles. The maximum absolute atomic E-state index is 12.9. The largest absolute Gasteiger partial charge is 0.492 e. The molecule has 32 heavy (non-hydrogen) atoms. The molecule has 0 aromatic heterocycles. The summed E-state index contributed by atoms with van der Waals surface area (Å²) in [5.74, 6) is 0.00703. The van der Waals surface area contributed by atoms with E-state index in [1.54, 1.807) is 12.1 Å². The normalized spacial score (nSPS) is 17.2. The third-order valence-corrected chi connectivity index (χ3v) is 7.75. The third-order valence-electron chi connectivity index (χ3n) is 5.37. The van der Waals surface area contributed by atoms with Gasteiger partial charge in [0.15, 0.2) is 0 Å². The first-order chi connectivity index (χ1) is 15.1. The lowest BCUT2D eigenvalue weighted by Gasteiger charge is -2.31. The van der Waals surface area contributed by atoms with Gasteiger partial charge in [0.25, 0.3) is 0 Å². The molecule has 1 aliphatic heterocycles. The molecular formula is C23H28Cl2N2O4S. The van der Waals surface area contributed by atoms with Crippen molar-refractivity contribution in [2.24, 2.45) is 5.92 Å². The van der Waals surface area contributed by atoms with Gasteiger partial charge in [-0.05, 0) is 67.6 Å². The highest BCUT2D eigenvalue weighted by Crippen LogP contribution is 2.26. The predicted molar refractivity (Wildman–Crippen MR) is 128 cm³/mol. The second-order valence-corrected chi connectivity index (χ2v) is 11.0. The molecule has 2 aromatic rings. The molecule has 1 aliphatic rings. The van der Waals surface area contributed by atoms with Gasteiger partial charge in [-0.15, -0.1) is 0 Å². The fraction of sp³-hybridized carbons (Fsp3) is 0.435. The Morgan fingerprint density at radius 3 is 2.56 bits per heavy atom. The number of rotatable bonds is 8. The van der Waals surface area contributed by atoms with Crippen LogP contribution in [-0.2, 0) is 20.6 Å². The fourth-order valence-electron chi connectivity index (χ4n) is 3.84. The number of hydrogen-bond acceptors (Lipinski definition) is 4. The van der Waals surface area contributed by atoms with Gasteiger partial charge in [-0.2, -0.15) is 0 Å². The molecule has 3 rings (SSSR count). The van der Waals surface area contributed by atoms with Gasteiger partial charge in [-0.1, -0.05) is 35.3 Å². The van der Waals surface area contributed by atoms with Crippen LogP contribution in [0.3, 0.4) is 0 Å². The number of amides is 1. The molecular weight excluding hydrogens is 471 g/mol. The highest BCUT2D eigenvalue weighted by Gasteiger charge is 2.32. The molecule has 2 aromatic carbocycles. The van der Waals surface area contributed by atoms with E-state index >= 15 is 0 Å². The van der Waals surface area contributed by atoms with E-state index in [2.05, 4.69) is 11.4 Å². The number of benzene rings is 2. The zero-order valence-electron chi connectivity index (χ0n) is 18.2. The predicted octanol–water partition coefficient (Wildman–Crippen LogP) is 4.35. The lowest BCUT2D eigenvalue weighted by atomic mass is 9.99. The highest BCUT2D eigenvalue weighted by molar-refractivity contribution is 7.88. The van der Waals surface area contributed by atoms with Crippen LogP contribution in [0.5, 0.6) is 5.75 Å². The molecule has 0 radical (unpaired) electrons. The maximum Gasteiger partial charge on any atom is 0.224 e. The SMILES string of the molecule is Cc1cc(C)cc(OCCNC(=O)[C@@H]2CCCN(S(=O)(=O)Cc3ccc(Cl)cc3Cl)C2)c1. The molecule has 9 heteroatoms. The summed E-state index contributed by atoms with van der Waals surface area (Å²) in [5, 5.41) is 3.63. The van der Waals surface area contributed by atoms with Crippen molar-refractivity contribution in [3.63, 3.8) is 0 Å². The van der Waals surface area contributed by atoms with E-state index in [1.165, 1.54) is 10.4 Å². The van der Waals surface area contributed by atoms with E-state index in [1.807, 2.05) is 26.0 Å². The summed E-state index contributed by atoms with van der Waals surface area (Å²) in [7, 11) is -3.61. The minimum absolute atomic E-state index is 0.154. The summed E-state index contributed by atoms with van der Waals surface area (Å²) in [6.45, 7) is 5.27. The van der Waals surface area contributed by atoms with Gasteiger partial charge in [-0.3, -0.25) is 4.79 Å². The van der Waals surface area contributed by atoms with Crippen LogP contribution in [0.25, 0.3) is 0 Å². The van der Waals surface area contributed by atoms with E-state index in [9.17, 15) is 13.2 Å². The summed E-state index contributed by atoms with van der Waals surface area (Å²) in [5.41, 5.74) is 2.73. The number of aryl methyl sites for hydroxylation is 2. The molecule has 1 heterocycles. The van der Waals surface area contributed by atoms with Crippen LogP contribution in [0.4, 0.5) is 0 Å². The van der Waals surface area contributed by atoms with E-state index in [0.29, 0.717) is 48.1 Å². The number of halogens is 2. The number of ether oxygens (including phenoxy) is 1. The quantitative estimate of drug-likeness (QED) is 0.549. The van der Waals surface area contributed by atoms with E-state index in [0.717, 1.165) is 16.9 Å². The van der Waals surface area contributed by atoms with E-state index in [-0.39, 0.29) is 24.1 Å². The average Bonchev–Trinajstić information content (AvgIpc) is 2.72. The van der Waals surface area contributed by atoms with Gasteiger partial charge in [-0.25, -0.2) is 12.7 Å². The molecule has 0 unspecified atom stereocenters. The van der Waals surface area contributed by atoms with Crippen molar-refractivity contribution < 1.29 is 17.9 Å². The number of hydrogen-bond donors (Lipinski definition) is 1. The summed E-state index contributed by atoms with van der Waals surface area (Å²) < 4.78 is 32.9. The lowest BCUT2D eigenvalue weighted by Crippen LogP contribution is -2.46. The smallest absolute Gasteiger partial charge is 0.224 e. The number of carbonyl (C=O) groups is 1. The summed E-state index contributed by atoms with van der Waals surface area (Å²) in [6.07, 6.45) is 1.28. The molecule has 1 amide bonds. The summed E-state index contributed by atoms with van der Waals surface area (Å²) in [4.78, 5) is 12.6. The Morgan fingerprint density at radius 2 is 1.88 bits per heavy atom. The van der Waals surface area contributed by atoms with Crippen LogP contribution in [-0.4, -0.2) is 44.9 Å². The summed E-state index contributed by atoms with van der Waals surface area (Å²) >= 11 is 12.0. The maximum atomic E-state index is 12.9. The molecule has 0 bridgehead atoms. The number of carbonyl (C=O) groups excluding carboxylic acids is 1. The molecule has 174 valence electrons. The first-order valence-electron chi connectivity index (χ1n) is 10.5. The topological polar surface area (TPSA) is 75.7 Å². The lowest BCUT2D eigenvalue weighted by molar-refractivity contribution is -0.126. The Bertz CT molecular complexity index is 1060. The van der Waals surface area contributed by atoms with Gasteiger partial charge in [0.1, 0.15) is 12.4 Å². The summed E-state index contributed by atoms with van der Waals surface area (Å²) in [6, 6.07) is 10.7. The molecule has 1 saturated heterocycles. The fourth-order valence-corrected chi connectivity index (χ4v) is 6.04. The van der Waals surface area contributed by atoms with Gasteiger partial charge < -0.3 is 10.1 Å². The number of piperidine rings is 1. The Balaban J connectivity index is 1.51. The first kappa shape index (κ1) is 24.8. The van der Waals surface area contributed by atoms with Crippen LogP contribution in [0, 0.1) is 19.8 Å². The zero-order chi connectivity index (χ0) is 23.3. The van der Waals surface area contributed by atoms with Crippen molar-refractivity contribution in [2.75, 3.05) is 26.2 Å². The van der Waals surface area contributed by atoms with Crippen molar-refractivity contribution >= 4 is 39.1 Å². The number of nitrogens with zero attached hydrogens (tertiary/aromatic N) is 1. The Hall–Kier alpha value is -1.80. The van der Waals surface area contributed by atoms with Crippen LogP contribution in [0.1, 0.15) is 29.5 Å². The Morgan fingerprint density at radius 1 is 1.16 bits per heavy atom. The average molecular weight is 499 g/mol. The van der Waals surface area contributed by atoms with Gasteiger partial charge in [0.2, 0.25) is 15.9 Å². The van der Waals surface area contributed by atoms with Crippen LogP contribution >= 0.6 is 23.2 Å². The minimum Gasteiger partial charge on any atom is -0.492 e. The molecule has 6 nitrogen and oxygen atoms in total. The first-order valence-corrected chi connectivity index (χ1v) is 12.9. The van der Waals surface area contributed by atoms with Crippen LogP contribution in [0.15, 0.2) is 36.4 Å². The van der Waals surface area contributed by atoms with E-state index < -0.39 is 10.0 Å². The van der Waals surface area contributed by atoms with Gasteiger partial charge in [0.05, 0.1) is 18.2 Å². The van der Waals surface area contributed by atoms with Gasteiger partial charge in [0, 0.05) is 23.1 Å². The van der Waals surface area contributed by atoms with Gasteiger partial charge >= 0.3 is 0 Å². The Labute approximate surface area is 199 Å². The molecule has 0 spiro atoms. The second-order valence-electron chi connectivity index (χ2n) is 8.15. The van der Waals surface area contributed by atoms with Crippen molar-refractivity contribution in [1.82, 2.24) is 9.62 Å². The van der Waals surface area contributed by atoms with Crippen LogP contribution < -0.4 is 10.1 Å².